The summed E-state index contributed by atoms with van der Waals surface area (Å²) in [5, 5.41) is 0. The van der Waals surface area contributed by atoms with Crippen LogP contribution in [0.25, 0.3) is 44.7 Å². The van der Waals surface area contributed by atoms with E-state index in [0.29, 0.717) is 5.92 Å². The quantitative estimate of drug-likeness (QED) is 0.180. The van der Waals surface area contributed by atoms with Crippen molar-refractivity contribution in [3.8, 4) is 22.5 Å². The lowest BCUT2D eigenvalue weighted by atomic mass is 9.73. The van der Waals surface area contributed by atoms with E-state index in [9.17, 15) is 0 Å². The molecule has 234 valence electrons. The number of hydrogen-bond donors (Lipinski definition) is 0. The van der Waals surface area contributed by atoms with Crippen LogP contribution in [0.15, 0.2) is 108 Å². The van der Waals surface area contributed by atoms with Gasteiger partial charge in [-0.1, -0.05) is 163 Å². The maximum absolute atomic E-state index is 5.47. The molecule has 0 aliphatic heterocycles. The maximum atomic E-state index is 5.47. The second kappa shape index (κ2) is 13.9. The van der Waals surface area contributed by atoms with Gasteiger partial charge in [-0.05, 0) is 55.6 Å². The minimum Gasteiger partial charge on any atom is -0.243 e. The summed E-state index contributed by atoms with van der Waals surface area (Å²) in [6, 6.07) is 25.4. The summed E-state index contributed by atoms with van der Waals surface area (Å²) in [4.78, 5) is 10.9. The molecule has 0 radical (unpaired) electrons. The van der Waals surface area contributed by atoms with Crippen molar-refractivity contribution < 1.29 is 0 Å². The van der Waals surface area contributed by atoms with Gasteiger partial charge in [0.25, 0.3) is 0 Å². The molecule has 4 aromatic rings. The van der Waals surface area contributed by atoms with E-state index in [0.717, 1.165) is 51.1 Å². The zero-order valence-corrected chi connectivity index (χ0v) is 29.4. The first kappa shape index (κ1) is 33.8. The fraction of sp³-hybridized carbons (Fsp3) is 0.349. The van der Waals surface area contributed by atoms with Gasteiger partial charge in [0, 0.05) is 22.3 Å². The normalized spacial score (nSPS) is 14.6. The third kappa shape index (κ3) is 7.61. The molecule has 1 atom stereocenters. The van der Waals surface area contributed by atoms with Gasteiger partial charge >= 0.3 is 0 Å². The van der Waals surface area contributed by atoms with Crippen molar-refractivity contribution in [3.05, 3.63) is 119 Å². The first-order chi connectivity index (χ1) is 21.3. The zero-order valence-electron chi connectivity index (χ0n) is 29.4. The zero-order chi connectivity index (χ0) is 32.9. The Bertz CT molecular complexity index is 1760. The van der Waals surface area contributed by atoms with Crippen molar-refractivity contribution in [1.29, 1.82) is 0 Å². The Balaban J connectivity index is 2.03. The van der Waals surface area contributed by atoms with Gasteiger partial charge in [0.05, 0.1) is 22.4 Å². The van der Waals surface area contributed by atoms with Crippen LogP contribution < -0.4 is 0 Å². The fourth-order valence-electron chi connectivity index (χ4n) is 5.41. The molecular weight excluding hydrogens is 544 g/mol. The van der Waals surface area contributed by atoms with Crippen LogP contribution in [0, 0.1) is 16.7 Å². The molecule has 3 aromatic carbocycles. The summed E-state index contributed by atoms with van der Waals surface area (Å²) in [6.07, 6.45) is 10.2. The Morgan fingerprint density at radius 2 is 1.00 bits per heavy atom. The van der Waals surface area contributed by atoms with Gasteiger partial charge in [-0.25, -0.2) is 9.97 Å². The van der Waals surface area contributed by atoms with E-state index < -0.39 is 0 Å². The first-order valence-corrected chi connectivity index (χ1v) is 16.4. The summed E-state index contributed by atoms with van der Waals surface area (Å²) in [5.74, 6) is 0.601. The molecule has 1 unspecified atom stereocenters. The van der Waals surface area contributed by atoms with E-state index in [1.54, 1.807) is 0 Å². The molecule has 2 heteroatoms. The van der Waals surface area contributed by atoms with Crippen molar-refractivity contribution >= 4 is 22.2 Å². The standard InChI is InChI=1S/C43H52N2/c1-12-31(4)43(10,11)33(6)26-24-30(3)37-28-27-36(29(2)23-25-32(5)42(7,8)9)40-41(37)45-39(35-21-17-14-18-22-35)38(44-40)34-19-15-13-16-20-34/h13-28,31H,12H2,1-11H3/b29-23+,30-24+,32-25+,33-26+. The van der Waals surface area contributed by atoms with Gasteiger partial charge in [-0.3, -0.25) is 0 Å². The Kier molecular flexibility index (Phi) is 10.5. The number of rotatable bonds is 9. The molecule has 0 fully saturated rings. The van der Waals surface area contributed by atoms with Crippen molar-refractivity contribution in [2.45, 2.75) is 82.6 Å². The van der Waals surface area contributed by atoms with Crippen molar-refractivity contribution in [2.24, 2.45) is 16.7 Å². The molecule has 0 saturated heterocycles. The van der Waals surface area contributed by atoms with E-state index in [2.05, 4.69) is 161 Å². The topological polar surface area (TPSA) is 25.8 Å². The van der Waals surface area contributed by atoms with E-state index >= 15 is 0 Å². The summed E-state index contributed by atoms with van der Waals surface area (Å²) >= 11 is 0. The first-order valence-electron chi connectivity index (χ1n) is 16.4. The lowest BCUT2D eigenvalue weighted by Crippen LogP contribution is -2.22. The van der Waals surface area contributed by atoms with E-state index in [1.165, 1.54) is 22.3 Å². The van der Waals surface area contributed by atoms with Crippen LogP contribution in [0.4, 0.5) is 0 Å². The molecule has 0 spiro atoms. The molecule has 4 rings (SSSR count). The van der Waals surface area contributed by atoms with E-state index in [1.807, 2.05) is 12.1 Å². The van der Waals surface area contributed by atoms with Crippen LogP contribution >= 0.6 is 0 Å². The van der Waals surface area contributed by atoms with E-state index in [4.69, 9.17) is 9.97 Å². The second-order valence-electron chi connectivity index (χ2n) is 14.2. The smallest absolute Gasteiger partial charge is 0.0976 e. The van der Waals surface area contributed by atoms with Crippen LogP contribution in [0.2, 0.25) is 0 Å². The predicted octanol–water partition coefficient (Wildman–Crippen LogP) is 12.8. The number of hydrogen-bond acceptors (Lipinski definition) is 2. The van der Waals surface area contributed by atoms with Crippen molar-refractivity contribution in [2.75, 3.05) is 0 Å². The monoisotopic (exact) mass is 596 g/mol. The number of aromatic nitrogens is 2. The van der Waals surface area contributed by atoms with Crippen LogP contribution in [-0.4, -0.2) is 9.97 Å². The number of nitrogens with zero attached hydrogens (tertiary/aromatic N) is 2. The third-order valence-corrected chi connectivity index (χ3v) is 9.98. The highest BCUT2D eigenvalue weighted by Crippen LogP contribution is 2.38. The van der Waals surface area contributed by atoms with Gasteiger partial charge in [0.2, 0.25) is 0 Å². The number of allylic oxidation sites excluding steroid dienone is 8. The summed E-state index contributed by atoms with van der Waals surface area (Å²) in [5.41, 5.74) is 13.3. The Morgan fingerprint density at radius 3 is 1.38 bits per heavy atom. The molecule has 0 amide bonds. The largest absolute Gasteiger partial charge is 0.243 e. The van der Waals surface area contributed by atoms with Gasteiger partial charge in [0.1, 0.15) is 0 Å². The molecule has 0 saturated carbocycles. The predicted molar refractivity (Wildman–Crippen MR) is 198 cm³/mol. The average molecular weight is 597 g/mol. The van der Waals surface area contributed by atoms with Crippen molar-refractivity contribution in [3.63, 3.8) is 0 Å². The molecule has 0 bridgehead atoms. The van der Waals surface area contributed by atoms with Crippen LogP contribution in [0.5, 0.6) is 0 Å². The highest BCUT2D eigenvalue weighted by Gasteiger charge is 2.26. The lowest BCUT2D eigenvalue weighted by Gasteiger charge is -2.32. The van der Waals surface area contributed by atoms with Crippen LogP contribution in [0.3, 0.4) is 0 Å². The summed E-state index contributed by atoms with van der Waals surface area (Å²) in [6.45, 7) is 24.9. The minimum atomic E-state index is 0.116. The average Bonchev–Trinajstić information content (AvgIpc) is 3.04. The maximum Gasteiger partial charge on any atom is 0.0976 e. The summed E-state index contributed by atoms with van der Waals surface area (Å²) in [7, 11) is 0. The molecule has 0 aliphatic rings. The Morgan fingerprint density at radius 1 is 0.600 bits per heavy atom. The molecule has 1 heterocycles. The van der Waals surface area contributed by atoms with Crippen molar-refractivity contribution in [1.82, 2.24) is 9.97 Å². The SMILES string of the molecule is CCC(C)C(C)(C)/C(C)=C/C=C(\C)c1ccc(/C(C)=C/C=C(\C)C(C)(C)C)c2nc(-c3ccccc3)c(-c3ccccc3)nc12. The van der Waals surface area contributed by atoms with Gasteiger partial charge in [-0.15, -0.1) is 0 Å². The van der Waals surface area contributed by atoms with Gasteiger partial charge < -0.3 is 0 Å². The molecule has 45 heavy (non-hydrogen) atoms. The fourth-order valence-corrected chi connectivity index (χ4v) is 5.41. The lowest BCUT2D eigenvalue weighted by molar-refractivity contribution is 0.279. The van der Waals surface area contributed by atoms with Gasteiger partial charge in [0.15, 0.2) is 0 Å². The molecule has 0 aliphatic carbocycles. The highest BCUT2D eigenvalue weighted by atomic mass is 14.8. The highest BCUT2D eigenvalue weighted by molar-refractivity contribution is 5.98. The van der Waals surface area contributed by atoms with Gasteiger partial charge in [-0.2, -0.15) is 0 Å². The molecule has 1 aromatic heterocycles. The van der Waals surface area contributed by atoms with Crippen LogP contribution in [-0.2, 0) is 0 Å². The Hall–Kier alpha value is -4.04. The summed E-state index contributed by atoms with van der Waals surface area (Å²) < 4.78 is 0. The molecule has 0 N–H and O–H groups in total. The number of benzene rings is 3. The van der Waals surface area contributed by atoms with E-state index in [-0.39, 0.29) is 10.8 Å². The molecular formula is C43H52N2. The molecule has 2 nitrogen and oxygen atoms in total. The Labute approximate surface area is 272 Å². The minimum absolute atomic E-state index is 0.116. The second-order valence-corrected chi connectivity index (χ2v) is 14.2. The number of fused-ring (bicyclic) bond motifs is 1. The third-order valence-electron chi connectivity index (χ3n) is 9.98. The van der Waals surface area contributed by atoms with Crippen LogP contribution in [0.1, 0.15) is 93.7 Å².